The minimum atomic E-state index is -1.57. The number of benzene rings is 1. The summed E-state index contributed by atoms with van der Waals surface area (Å²) in [5.41, 5.74) is 18.1. The highest BCUT2D eigenvalue weighted by Gasteiger charge is 2.32. The number of rotatable bonds is 24. The number of aliphatic hydroxyl groups is 4. The second-order valence-corrected chi connectivity index (χ2v) is 11.7. The van der Waals surface area contributed by atoms with Gasteiger partial charge in [-0.2, -0.15) is 0 Å². The fraction of sp³-hybridized carbons (Fsp3) is 0.613. The molecular weight excluding hydrogens is 632 g/mol. The number of carbonyl (C=O) groups excluding carboxylic acids is 2. The Bertz CT molecular complexity index is 1210. The Hall–Kier alpha value is -3.15. The van der Waals surface area contributed by atoms with Gasteiger partial charge in [0.2, 0.25) is 0 Å². The zero-order valence-corrected chi connectivity index (χ0v) is 27.7. The van der Waals surface area contributed by atoms with Crippen molar-refractivity contribution in [3.8, 4) is 5.75 Å². The zero-order chi connectivity index (χ0) is 34.8. The van der Waals surface area contributed by atoms with E-state index in [1.165, 1.54) is 0 Å². The Labute approximate surface area is 280 Å². The van der Waals surface area contributed by atoms with Crippen molar-refractivity contribution >= 4 is 35.4 Å². The number of anilines is 2. The molecule has 2 rings (SSSR count). The summed E-state index contributed by atoms with van der Waals surface area (Å²) < 4.78 is 5.94. The fourth-order valence-electron chi connectivity index (χ4n) is 4.83. The number of nitrogens with zero attached hydrogens (tertiary/aromatic N) is 3. The van der Waals surface area contributed by atoms with Crippen molar-refractivity contribution in [1.29, 1.82) is 0 Å². The lowest BCUT2D eigenvalue weighted by Gasteiger charge is -2.30. The van der Waals surface area contributed by atoms with E-state index in [-0.39, 0.29) is 29.0 Å². The Morgan fingerprint density at radius 3 is 2.40 bits per heavy atom. The average molecular weight is 683 g/mol. The van der Waals surface area contributed by atoms with Gasteiger partial charge in [0.1, 0.15) is 31.0 Å². The van der Waals surface area contributed by atoms with E-state index in [0.29, 0.717) is 38.3 Å². The van der Waals surface area contributed by atoms with E-state index >= 15 is 0 Å². The van der Waals surface area contributed by atoms with Crippen LogP contribution in [-0.2, 0) is 11.2 Å². The van der Waals surface area contributed by atoms with Crippen molar-refractivity contribution in [3.63, 3.8) is 0 Å². The lowest BCUT2D eigenvalue weighted by Crippen LogP contribution is -2.52. The molecule has 0 saturated heterocycles. The largest absolute Gasteiger partial charge is 0.492 e. The molecule has 0 bridgehead atoms. The number of halogens is 1. The molecule has 0 saturated carbocycles. The summed E-state index contributed by atoms with van der Waals surface area (Å²) in [6, 6.07) is 7.78. The predicted molar refractivity (Wildman–Crippen MR) is 179 cm³/mol. The van der Waals surface area contributed by atoms with Gasteiger partial charge in [0.25, 0.3) is 5.91 Å². The fourth-order valence-corrected chi connectivity index (χ4v) is 4.96. The average Bonchev–Trinajstić information content (AvgIpc) is 3.04. The van der Waals surface area contributed by atoms with Gasteiger partial charge in [-0.05, 0) is 56.5 Å². The van der Waals surface area contributed by atoms with Crippen LogP contribution < -0.4 is 32.6 Å². The second-order valence-electron chi connectivity index (χ2n) is 11.4. The van der Waals surface area contributed by atoms with Gasteiger partial charge in [-0.3, -0.25) is 20.7 Å². The number of nitrogen functional groups attached to an aromatic ring is 2. The number of nitrogens with one attached hydrogen (secondary N) is 2. The standard InChI is InChI=1S/C31H51ClN8O7/c1-2-3-4-7-14-40(17-23(43)22(18-41)26(45)24(44)19-42)15-16-47-21-11-9-20(10-12-21)8-5-6-13-36-31(35)39-30(46)25-28(33)38-29(34)27(32)37-25/h9-12,18,22-24,26,31,36,42-45H,2-8,13-17,19,35H2,1H3,(H,39,46)(H4,33,34,38)/t22-,23+,24-,26-,31?/m1/s1. The predicted octanol–water partition coefficient (Wildman–Crippen LogP) is 0.0302. The first-order valence-corrected chi connectivity index (χ1v) is 16.3. The Morgan fingerprint density at radius 1 is 1.02 bits per heavy atom. The molecule has 0 aliphatic rings. The molecule has 16 heteroatoms. The first kappa shape index (κ1) is 40.0. The molecule has 1 aromatic carbocycles. The molecule has 0 radical (unpaired) electrons. The summed E-state index contributed by atoms with van der Waals surface area (Å²) in [5.74, 6) is -1.37. The molecule has 1 amide bonds. The van der Waals surface area contributed by atoms with Gasteiger partial charge < -0.3 is 46.7 Å². The quantitative estimate of drug-likeness (QED) is 0.0402. The van der Waals surface area contributed by atoms with Gasteiger partial charge in [-0.25, -0.2) is 9.97 Å². The highest BCUT2D eigenvalue weighted by molar-refractivity contribution is 6.31. The van der Waals surface area contributed by atoms with Crippen LogP contribution in [0.1, 0.15) is 61.5 Å². The lowest BCUT2D eigenvalue weighted by molar-refractivity contribution is -0.127. The first-order valence-electron chi connectivity index (χ1n) is 15.9. The van der Waals surface area contributed by atoms with Crippen LogP contribution >= 0.6 is 11.6 Å². The molecule has 0 spiro atoms. The van der Waals surface area contributed by atoms with E-state index in [0.717, 1.165) is 50.5 Å². The van der Waals surface area contributed by atoms with Gasteiger partial charge in [-0.1, -0.05) is 49.9 Å². The van der Waals surface area contributed by atoms with Crippen molar-refractivity contribution in [3.05, 3.63) is 40.7 Å². The summed E-state index contributed by atoms with van der Waals surface area (Å²) in [5, 5.41) is 45.1. The topological polar surface area (TPSA) is 255 Å². The summed E-state index contributed by atoms with van der Waals surface area (Å²) in [6.45, 7) is 3.59. The van der Waals surface area contributed by atoms with E-state index < -0.39 is 43.0 Å². The van der Waals surface area contributed by atoms with Crippen LogP contribution in [0.2, 0.25) is 5.15 Å². The minimum absolute atomic E-state index is 0.0683. The molecule has 0 fully saturated rings. The summed E-state index contributed by atoms with van der Waals surface area (Å²) in [6.07, 6.45) is 1.90. The monoisotopic (exact) mass is 682 g/mol. The molecule has 1 unspecified atom stereocenters. The Kier molecular flexibility index (Phi) is 18.5. The molecule has 1 aromatic heterocycles. The van der Waals surface area contributed by atoms with Gasteiger partial charge in [0.05, 0.1) is 24.7 Å². The molecule has 47 heavy (non-hydrogen) atoms. The van der Waals surface area contributed by atoms with Crippen molar-refractivity contribution in [2.75, 3.05) is 50.9 Å². The SMILES string of the molecule is CCCCCCN(CCOc1ccc(CCCCNC(N)NC(=O)c2nc(Cl)c(N)nc2N)cc1)C[C@H](O)[C@@H](C=O)[C@@H](O)[C@H](O)CO. The van der Waals surface area contributed by atoms with Crippen LogP contribution in [0.25, 0.3) is 0 Å². The van der Waals surface area contributed by atoms with E-state index in [2.05, 4.69) is 27.5 Å². The Balaban J connectivity index is 1.75. The number of hydrogen-bond donors (Lipinski definition) is 9. The highest BCUT2D eigenvalue weighted by Crippen LogP contribution is 2.18. The minimum Gasteiger partial charge on any atom is -0.492 e. The second kappa shape index (κ2) is 21.7. The number of aliphatic hydroxyl groups excluding tert-OH is 4. The van der Waals surface area contributed by atoms with Crippen LogP contribution in [0.4, 0.5) is 11.6 Å². The number of unbranched alkanes of at least 4 members (excludes halogenated alkanes) is 4. The molecule has 264 valence electrons. The number of ether oxygens (including phenoxy) is 1. The third-order valence-corrected chi connectivity index (χ3v) is 7.89. The normalized spacial score (nSPS) is 14.7. The smallest absolute Gasteiger partial charge is 0.276 e. The van der Waals surface area contributed by atoms with Crippen molar-refractivity contribution in [1.82, 2.24) is 25.5 Å². The third kappa shape index (κ3) is 14.2. The summed E-state index contributed by atoms with van der Waals surface area (Å²) >= 11 is 5.82. The van der Waals surface area contributed by atoms with Crippen LogP contribution in [0.15, 0.2) is 24.3 Å². The number of aryl methyl sites for hydroxylation is 1. The molecule has 2 aromatic rings. The van der Waals surface area contributed by atoms with E-state index in [9.17, 15) is 24.9 Å². The highest BCUT2D eigenvalue weighted by atomic mass is 35.5. The van der Waals surface area contributed by atoms with Gasteiger partial charge >= 0.3 is 0 Å². The molecule has 1 heterocycles. The van der Waals surface area contributed by atoms with E-state index in [4.69, 9.17) is 38.6 Å². The number of carbonyl (C=O) groups is 2. The zero-order valence-electron chi connectivity index (χ0n) is 26.9. The third-order valence-electron chi connectivity index (χ3n) is 7.61. The van der Waals surface area contributed by atoms with Crippen LogP contribution in [0, 0.1) is 5.92 Å². The summed E-state index contributed by atoms with van der Waals surface area (Å²) in [7, 11) is 0. The number of amides is 1. The van der Waals surface area contributed by atoms with Crippen molar-refractivity contribution in [2.45, 2.75) is 76.5 Å². The molecule has 0 aliphatic carbocycles. The Morgan fingerprint density at radius 2 is 1.74 bits per heavy atom. The van der Waals surface area contributed by atoms with Crippen molar-refractivity contribution in [2.24, 2.45) is 11.7 Å². The number of aldehydes is 1. The van der Waals surface area contributed by atoms with Gasteiger partial charge in [-0.15, -0.1) is 0 Å². The molecule has 5 atom stereocenters. The molecule has 15 nitrogen and oxygen atoms in total. The molecule has 12 N–H and O–H groups in total. The maximum absolute atomic E-state index is 12.4. The lowest BCUT2D eigenvalue weighted by atomic mass is 9.93. The number of aromatic nitrogens is 2. The number of nitrogens with two attached hydrogens (primary N) is 3. The van der Waals surface area contributed by atoms with Gasteiger partial charge in [0.15, 0.2) is 22.5 Å². The van der Waals surface area contributed by atoms with Crippen LogP contribution in [0.3, 0.4) is 0 Å². The van der Waals surface area contributed by atoms with Gasteiger partial charge in [0, 0.05) is 13.1 Å². The maximum Gasteiger partial charge on any atom is 0.276 e. The van der Waals surface area contributed by atoms with Crippen LogP contribution in [0.5, 0.6) is 5.75 Å². The van der Waals surface area contributed by atoms with E-state index in [1.807, 2.05) is 29.2 Å². The molecular formula is C31H51ClN8O7. The molecule has 0 aliphatic heterocycles. The van der Waals surface area contributed by atoms with Crippen molar-refractivity contribution < 1.29 is 34.8 Å². The van der Waals surface area contributed by atoms with E-state index in [1.54, 1.807) is 0 Å². The first-order chi connectivity index (χ1) is 22.5. The maximum atomic E-state index is 12.4. The number of hydrogen-bond acceptors (Lipinski definition) is 14. The van der Waals surface area contributed by atoms with Crippen LogP contribution in [-0.4, -0.2) is 111 Å². The summed E-state index contributed by atoms with van der Waals surface area (Å²) in [4.78, 5) is 33.5.